The molecule has 0 aromatic rings. The zero-order chi connectivity index (χ0) is 15.9. The minimum atomic E-state index is -0.0947. The lowest BCUT2D eigenvalue weighted by atomic mass is 9.90. The van der Waals surface area contributed by atoms with E-state index in [0.717, 1.165) is 13.1 Å². The number of likely N-dealkylation sites (tertiary alicyclic amines) is 1. The van der Waals surface area contributed by atoms with E-state index in [4.69, 9.17) is 5.11 Å². The highest BCUT2D eigenvalue weighted by molar-refractivity contribution is 5.73. The number of piperidine rings is 1. The van der Waals surface area contributed by atoms with Crippen molar-refractivity contribution in [1.29, 1.82) is 0 Å². The molecule has 1 aliphatic rings. The monoisotopic (exact) mass is 299 g/mol. The summed E-state index contributed by atoms with van der Waals surface area (Å²) in [7, 11) is 0. The first kappa shape index (κ1) is 18.2. The predicted octanol–water partition coefficient (Wildman–Crippen LogP) is 1.81. The second-order valence-corrected chi connectivity index (χ2v) is 7.30. The SMILES string of the molecule is CC(C)N1CCCC(CNC(=O)NCC(C)(C)CCO)C1. The van der Waals surface area contributed by atoms with Crippen LogP contribution in [0.4, 0.5) is 4.79 Å². The molecule has 3 N–H and O–H groups in total. The van der Waals surface area contributed by atoms with Crippen LogP contribution in [0.15, 0.2) is 0 Å². The molecule has 0 aromatic carbocycles. The molecule has 0 aliphatic carbocycles. The second-order valence-electron chi connectivity index (χ2n) is 7.30. The van der Waals surface area contributed by atoms with Crippen LogP contribution in [0, 0.1) is 11.3 Å². The maximum Gasteiger partial charge on any atom is 0.314 e. The molecule has 5 heteroatoms. The number of rotatable bonds is 7. The Bertz CT molecular complexity index is 319. The molecule has 0 radical (unpaired) electrons. The number of carbonyl (C=O) groups excluding carboxylic acids is 1. The third-order valence-electron chi connectivity index (χ3n) is 4.35. The zero-order valence-electron chi connectivity index (χ0n) is 14.1. The van der Waals surface area contributed by atoms with E-state index < -0.39 is 0 Å². The van der Waals surface area contributed by atoms with E-state index in [9.17, 15) is 4.79 Å². The van der Waals surface area contributed by atoms with E-state index in [0.29, 0.717) is 24.9 Å². The van der Waals surface area contributed by atoms with Crippen LogP contribution in [-0.2, 0) is 0 Å². The summed E-state index contributed by atoms with van der Waals surface area (Å²) in [5.41, 5.74) is -0.0641. The van der Waals surface area contributed by atoms with Crippen molar-refractivity contribution in [2.24, 2.45) is 11.3 Å². The van der Waals surface area contributed by atoms with Gasteiger partial charge in [0.25, 0.3) is 0 Å². The van der Waals surface area contributed by atoms with Gasteiger partial charge in [-0.25, -0.2) is 4.79 Å². The second kappa shape index (κ2) is 8.59. The van der Waals surface area contributed by atoms with E-state index in [1.165, 1.54) is 19.4 Å². The number of nitrogens with zero attached hydrogens (tertiary/aromatic N) is 1. The van der Waals surface area contributed by atoms with Crippen LogP contribution in [0.25, 0.3) is 0 Å². The lowest BCUT2D eigenvalue weighted by Gasteiger charge is -2.35. The van der Waals surface area contributed by atoms with E-state index in [1.807, 2.05) is 13.8 Å². The predicted molar refractivity (Wildman–Crippen MR) is 86.3 cm³/mol. The molecule has 124 valence electrons. The first-order valence-corrected chi connectivity index (χ1v) is 8.20. The first-order valence-electron chi connectivity index (χ1n) is 8.20. The molecule has 1 heterocycles. The largest absolute Gasteiger partial charge is 0.396 e. The average molecular weight is 299 g/mol. The third-order valence-corrected chi connectivity index (χ3v) is 4.35. The van der Waals surface area contributed by atoms with Gasteiger partial charge in [-0.05, 0) is 51.0 Å². The Labute approximate surface area is 129 Å². The van der Waals surface area contributed by atoms with Crippen molar-refractivity contribution in [2.45, 2.75) is 53.0 Å². The molecule has 5 nitrogen and oxygen atoms in total. The van der Waals surface area contributed by atoms with Crippen molar-refractivity contribution in [2.75, 3.05) is 32.8 Å². The van der Waals surface area contributed by atoms with Crippen molar-refractivity contribution in [3.63, 3.8) is 0 Å². The maximum atomic E-state index is 11.9. The quantitative estimate of drug-likeness (QED) is 0.672. The number of aliphatic hydroxyl groups is 1. The maximum absolute atomic E-state index is 11.9. The van der Waals surface area contributed by atoms with Crippen molar-refractivity contribution >= 4 is 6.03 Å². The van der Waals surface area contributed by atoms with Gasteiger partial charge >= 0.3 is 6.03 Å². The lowest BCUT2D eigenvalue weighted by Crippen LogP contribution is -2.46. The lowest BCUT2D eigenvalue weighted by molar-refractivity contribution is 0.139. The summed E-state index contributed by atoms with van der Waals surface area (Å²) in [5.74, 6) is 0.553. The van der Waals surface area contributed by atoms with Crippen LogP contribution in [-0.4, -0.2) is 54.9 Å². The van der Waals surface area contributed by atoms with Crippen LogP contribution in [0.5, 0.6) is 0 Å². The van der Waals surface area contributed by atoms with E-state index >= 15 is 0 Å². The smallest absolute Gasteiger partial charge is 0.314 e. The summed E-state index contributed by atoms with van der Waals surface area (Å²) in [6.07, 6.45) is 3.11. The van der Waals surface area contributed by atoms with E-state index in [1.54, 1.807) is 0 Å². The van der Waals surface area contributed by atoms with Crippen LogP contribution in [0.2, 0.25) is 0 Å². The highest BCUT2D eigenvalue weighted by Gasteiger charge is 2.22. The van der Waals surface area contributed by atoms with Crippen LogP contribution >= 0.6 is 0 Å². The summed E-state index contributed by atoms with van der Waals surface area (Å²) in [6.45, 7) is 12.3. The summed E-state index contributed by atoms with van der Waals surface area (Å²) in [6, 6.07) is 0.489. The summed E-state index contributed by atoms with van der Waals surface area (Å²) < 4.78 is 0. The fourth-order valence-corrected chi connectivity index (χ4v) is 2.74. The Morgan fingerprint density at radius 2 is 2.10 bits per heavy atom. The van der Waals surface area contributed by atoms with Gasteiger partial charge in [-0.1, -0.05) is 13.8 Å². The topological polar surface area (TPSA) is 64.6 Å². The molecule has 1 aliphatic heterocycles. The molecule has 2 amide bonds. The van der Waals surface area contributed by atoms with Gasteiger partial charge < -0.3 is 20.6 Å². The molecule has 1 saturated heterocycles. The number of hydrogen-bond donors (Lipinski definition) is 3. The van der Waals surface area contributed by atoms with Gasteiger partial charge in [0.05, 0.1) is 0 Å². The van der Waals surface area contributed by atoms with Gasteiger partial charge in [0, 0.05) is 32.3 Å². The summed E-state index contributed by atoms with van der Waals surface area (Å²) in [5, 5.41) is 14.9. The van der Waals surface area contributed by atoms with Crippen LogP contribution < -0.4 is 10.6 Å². The average Bonchev–Trinajstić information content (AvgIpc) is 2.43. The number of nitrogens with one attached hydrogen (secondary N) is 2. The van der Waals surface area contributed by atoms with E-state index in [-0.39, 0.29) is 18.1 Å². The van der Waals surface area contributed by atoms with Crippen LogP contribution in [0.1, 0.15) is 47.0 Å². The fourth-order valence-electron chi connectivity index (χ4n) is 2.74. The minimum absolute atomic E-state index is 0.0641. The summed E-state index contributed by atoms with van der Waals surface area (Å²) in [4.78, 5) is 14.3. The molecule has 1 unspecified atom stereocenters. The standard InChI is InChI=1S/C16H33N3O2/c1-13(2)19-8-5-6-14(11-19)10-17-15(21)18-12-16(3,4)7-9-20/h13-14,20H,5-12H2,1-4H3,(H2,17,18,21). The zero-order valence-corrected chi connectivity index (χ0v) is 14.1. The van der Waals surface area contributed by atoms with Crippen LogP contribution in [0.3, 0.4) is 0 Å². The first-order chi connectivity index (χ1) is 9.84. The molecule has 1 fully saturated rings. The molecule has 0 spiro atoms. The third kappa shape index (κ3) is 7.14. The Morgan fingerprint density at radius 1 is 1.38 bits per heavy atom. The summed E-state index contributed by atoms with van der Waals surface area (Å²) >= 11 is 0. The number of hydrogen-bond acceptors (Lipinski definition) is 3. The number of amides is 2. The molecule has 0 aromatic heterocycles. The highest BCUT2D eigenvalue weighted by atomic mass is 16.3. The highest BCUT2D eigenvalue weighted by Crippen LogP contribution is 2.18. The molecule has 21 heavy (non-hydrogen) atoms. The Kier molecular flexibility index (Phi) is 7.46. The number of carbonyl (C=O) groups is 1. The Hall–Kier alpha value is -0.810. The molecular formula is C16H33N3O2. The van der Waals surface area contributed by atoms with Gasteiger partial charge in [-0.2, -0.15) is 0 Å². The van der Waals surface area contributed by atoms with Crippen molar-refractivity contribution in [3.05, 3.63) is 0 Å². The van der Waals surface area contributed by atoms with Crippen molar-refractivity contribution in [1.82, 2.24) is 15.5 Å². The van der Waals surface area contributed by atoms with Gasteiger partial charge in [-0.3, -0.25) is 0 Å². The normalized spacial score (nSPS) is 20.6. The Balaban J connectivity index is 2.23. The number of urea groups is 1. The minimum Gasteiger partial charge on any atom is -0.396 e. The van der Waals surface area contributed by atoms with E-state index in [2.05, 4.69) is 29.4 Å². The van der Waals surface area contributed by atoms with Gasteiger partial charge in [0.1, 0.15) is 0 Å². The number of aliphatic hydroxyl groups excluding tert-OH is 1. The van der Waals surface area contributed by atoms with Gasteiger partial charge in [-0.15, -0.1) is 0 Å². The molecule has 0 saturated carbocycles. The van der Waals surface area contributed by atoms with Gasteiger partial charge in [0.2, 0.25) is 0 Å². The molecule has 1 atom stereocenters. The molecule has 0 bridgehead atoms. The molecule has 1 rings (SSSR count). The fraction of sp³-hybridized carbons (Fsp3) is 0.938. The Morgan fingerprint density at radius 3 is 2.71 bits per heavy atom. The van der Waals surface area contributed by atoms with Crippen molar-refractivity contribution < 1.29 is 9.90 Å². The van der Waals surface area contributed by atoms with Gasteiger partial charge in [0.15, 0.2) is 0 Å². The molecular weight excluding hydrogens is 266 g/mol. The van der Waals surface area contributed by atoms with Crippen molar-refractivity contribution in [3.8, 4) is 0 Å².